The first-order valence-electron chi connectivity index (χ1n) is 6.23. The van der Waals surface area contributed by atoms with E-state index in [0.29, 0.717) is 0 Å². The molecule has 0 amide bonds. The molecule has 1 aliphatic heterocycles. The number of rotatable bonds is 3. The molecule has 92 valence electrons. The van der Waals surface area contributed by atoms with Gasteiger partial charge in [-0.3, -0.25) is 4.98 Å². The fourth-order valence-corrected chi connectivity index (χ4v) is 2.48. The van der Waals surface area contributed by atoms with E-state index in [2.05, 4.69) is 28.5 Å². The Balaban J connectivity index is 2.05. The minimum Gasteiger partial charge on any atom is -0.493 e. The number of fused-ring (bicyclic) bond motifs is 1. The second-order valence-corrected chi connectivity index (χ2v) is 4.41. The molecule has 3 rings (SSSR count). The van der Waals surface area contributed by atoms with Crippen LogP contribution in [0.3, 0.4) is 0 Å². The lowest BCUT2D eigenvalue weighted by molar-refractivity contribution is 0.351. The summed E-state index contributed by atoms with van der Waals surface area (Å²) in [6.07, 6.45) is 2.82. The Morgan fingerprint density at radius 2 is 2.17 bits per heavy atom. The smallest absolute Gasteiger partial charge is 0.127 e. The van der Waals surface area contributed by atoms with Gasteiger partial charge in [0.25, 0.3) is 0 Å². The van der Waals surface area contributed by atoms with Gasteiger partial charge in [-0.15, -0.1) is 0 Å². The molecule has 1 aromatic carbocycles. The number of benzene rings is 1. The number of aromatic nitrogens is 1. The molecule has 3 heteroatoms. The number of para-hydroxylation sites is 1. The first-order chi connectivity index (χ1) is 8.90. The van der Waals surface area contributed by atoms with Crippen LogP contribution in [-0.4, -0.2) is 18.6 Å². The number of ether oxygens (including phenoxy) is 1. The summed E-state index contributed by atoms with van der Waals surface area (Å²) in [6.45, 7) is 0.783. The highest BCUT2D eigenvalue weighted by atomic mass is 16.5. The summed E-state index contributed by atoms with van der Waals surface area (Å²) < 4.78 is 5.77. The minimum absolute atomic E-state index is 0.0826. The predicted octanol–water partition coefficient (Wildman–Crippen LogP) is 2.33. The third-order valence-corrected chi connectivity index (χ3v) is 3.33. The highest BCUT2D eigenvalue weighted by Crippen LogP contribution is 2.35. The van der Waals surface area contributed by atoms with Crippen molar-refractivity contribution in [3.8, 4) is 5.75 Å². The minimum atomic E-state index is 0.0826. The molecule has 0 radical (unpaired) electrons. The highest BCUT2D eigenvalue weighted by molar-refractivity contribution is 5.47. The molecule has 3 nitrogen and oxygen atoms in total. The third-order valence-electron chi connectivity index (χ3n) is 3.33. The van der Waals surface area contributed by atoms with Crippen LogP contribution in [0.2, 0.25) is 0 Å². The van der Waals surface area contributed by atoms with Crippen molar-refractivity contribution in [3.05, 3.63) is 59.4 Å². The van der Waals surface area contributed by atoms with Crippen LogP contribution in [0.15, 0.2) is 42.6 Å². The topological polar surface area (TPSA) is 34.2 Å². The lowest BCUT2D eigenvalue weighted by Crippen LogP contribution is -2.19. The maximum Gasteiger partial charge on any atom is 0.127 e. The Labute approximate surface area is 107 Å². The fourth-order valence-electron chi connectivity index (χ4n) is 2.48. The molecular weight excluding hydrogens is 224 g/mol. The molecule has 0 aliphatic carbocycles. The molecule has 1 aromatic heterocycles. The van der Waals surface area contributed by atoms with Crippen molar-refractivity contribution in [2.75, 3.05) is 13.7 Å². The van der Waals surface area contributed by atoms with Gasteiger partial charge >= 0.3 is 0 Å². The molecule has 2 heterocycles. The van der Waals surface area contributed by atoms with Crippen LogP contribution in [0, 0.1) is 0 Å². The van der Waals surface area contributed by atoms with Crippen molar-refractivity contribution in [2.24, 2.45) is 0 Å². The zero-order chi connectivity index (χ0) is 12.4. The van der Waals surface area contributed by atoms with Gasteiger partial charge in [-0.1, -0.05) is 24.3 Å². The second-order valence-electron chi connectivity index (χ2n) is 4.41. The van der Waals surface area contributed by atoms with Crippen LogP contribution < -0.4 is 10.1 Å². The SMILES string of the molecule is CNC(c1ccccn1)c1cccc2c1OCC2. The number of pyridine rings is 1. The van der Waals surface area contributed by atoms with Gasteiger partial charge in [0.2, 0.25) is 0 Å². The maximum absolute atomic E-state index is 5.77. The van der Waals surface area contributed by atoms with Crippen molar-refractivity contribution in [3.63, 3.8) is 0 Å². The molecule has 0 saturated heterocycles. The number of nitrogens with zero attached hydrogens (tertiary/aromatic N) is 1. The maximum atomic E-state index is 5.77. The summed E-state index contributed by atoms with van der Waals surface area (Å²) in [5.74, 6) is 1.03. The summed E-state index contributed by atoms with van der Waals surface area (Å²) in [6, 6.07) is 12.4. The summed E-state index contributed by atoms with van der Waals surface area (Å²) >= 11 is 0. The molecule has 1 aliphatic rings. The molecular formula is C15H16N2O. The number of hydrogen-bond donors (Lipinski definition) is 1. The second kappa shape index (κ2) is 4.78. The Hall–Kier alpha value is -1.87. The van der Waals surface area contributed by atoms with Gasteiger partial charge in [-0.05, 0) is 24.7 Å². The van der Waals surface area contributed by atoms with Gasteiger partial charge in [0.1, 0.15) is 5.75 Å². The number of nitrogens with one attached hydrogen (secondary N) is 1. The van der Waals surface area contributed by atoms with E-state index in [1.54, 1.807) is 0 Å². The molecule has 2 aromatic rings. The average Bonchev–Trinajstić information content (AvgIpc) is 2.90. The van der Waals surface area contributed by atoms with E-state index in [-0.39, 0.29) is 6.04 Å². The standard InChI is InChI=1S/C15H16N2O/c1-16-14(13-7-2-3-9-17-13)12-6-4-5-11-8-10-18-15(11)12/h2-7,9,14,16H,8,10H2,1H3. The quantitative estimate of drug-likeness (QED) is 0.894. The van der Waals surface area contributed by atoms with Crippen molar-refractivity contribution in [1.29, 1.82) is 0 Å². The van der Waals surface area contributed by atoms with Crippen LogP contribution in [0.4, 0.5) is 0 Å². The lowest BCUT2D eigenvalue weighted by Gasteiger charge is -2.18. The zero-order valence-corrected chi connectivity index (χ0v) is 10.4. The molecule has 0 saturated carbocycles. The van der Waals surface area contributed by atoms with E-state index in [1.807, 2.05) is 31.4 Å². The normalized spacial score (nSPS) is 14.9. The van der Waals surface area contributed by atoms with Crippen molar-refractivity contribution in [1.82, 2.24) is 10.3 Å². The molecule has 1 unspecified atom stereocenters. The van der Waals surface area contributed by atoms with Crippen molar-refractivity contribution < 1.29 is 4.74 Å². The first kappa shape index (κ1) is 11.2. The van der Waals surface area contributed by atoms with Crippen molar-refractivity contribution >= 4 is 0 Å². The van der Waals surface area contributed by atoms with Crippen LogP contribution in [-0.2, 0) is 6.42 Å². The zero-order valence-electron chi connectivity index (χ0n) is 10.4. The summed E-state index contributed by atoms with van der Waals surface area (Å²) in [5, 5.41) is 3.32. The summed E-state index contributed by atoms with van der Waals surface area (Å²) in [4.78, 5) is 4.43. The molecule has 18 heavy (non-hydrogen) atoms. The lowest BCUT2D eigenvalue weighted by atomic mass is 9.99. The molecule has 0 bridgehead atoms. The van der Waals surface area contributed by atoms with E-state index >= 15 is 0 Å². The van der Waals surface area contributed by atoms with E-state index in [1.165, 1.54) is 11.1 Å². The number of hydrogen-bond acceptors (Lipinski definition) is 3. The van der Waals surface area contributed by atoms with Gasteiger partial charge in [0, 0.05) is 18.2 Å². The van der Waals surface area contributed by atoms with E-state index in [0.717, 1.165) is 24.5 Å². The Kier molecular flexibility index (Phi) is 2.99. The monoisotopic (exact) mass is 240 g/mol. The van der Waals surface area contributed by atoms with Crippen LogP contribution in [0.25, 0.3) is 0 Å². The summed E-state index contributed by atoms with van der Waals surface area (Å²) in [5.41, 5.74) is 3.48. The van der Waals surface area contributed by atoms with E-state index in [4.69, 9.17) is 4.74 Å². The van der Waals surface area contributed by atoms with E-state index < -0.39 is 0 Å². The molecule has 1 atom stereocenters. The van der Waals surface area contributed by atoms with Gasteiger partial charge in [-0.2, -0.15) is 0 Å². The third kappa shape index (κ3) is 1.87. The average molecular weight is 240 g/mol. The Morgan fingerprint density at radius 1 is 1.22 bits per heavy atom. The van der Waals surface area contributed by atoms with Crippen molar-refractivity contribution in [2.45, 2.75) is 12.5 Å². The van der Waals surface area contributed by atoms with Gasteiger partial charge in [-0.25, -0.2) is 0 Å². The van der Waals surface area contributed by atoms with Crippen LogP contribution in [0.1, 0.15) is 22.9 Å². The van der Waals surface area contributed by atoms with Gasteiger partial charge in [0.15, 0.2) is 0 Å². The highest BCUT2D eigenvalue weighted by Gasteiger charge is 2.22. The fraction of sp³-hybridized carbons (Fsp3) is 0.267. The molecule has 0 spiro atoms. The largest absolute Gasteiger partial charge is 0.493 e. The summed E-state index contributed by atoms with van der Waals surface area (Å²) in [7, 11) is 1.95. The first-order valence-corrected chi connectivity index (χ1v) is 6.23. The molecule has 1 N–H and O–H groups in total. The van der Waals surface area contributed by atoms with Gasteiger partial charge < -0.3 is 10.1 Å². The predicted molar refractivity (Wildman–Crippen MR) is 70.8 cm³/mol. The van der Waals surface area contributed by atoms with Crippen LogP contribution in [0.5, 0.6) is 5.75 Å². The Morgan fingerprint density at radius 3 is 2.94 bits per heavy atom. The molecule has 0 fully saturated rings. The van der Waals surface area contributed by atoms with Crippen LogP contribution >= 0.6 is 0 Å². The Bertz CT molecular complexity index is 539. The van der Waals surface area contributed by atoms with E-state index in [9.17, 15) is 0 Å². The van der Waals surface area contributed by atoms with Gasteiger partial charge in [0.05, 0.1) is 18.3 Å².